The van der Waals surface area contributed by atoms with E-state index in [1.165, 1.54) is 0 Å². The Kier molecular flexibility index (Phi) is 5.29. The Hall–Kier alpha value is -0.540. The van der Waals surface area contributed by atoms with Crippen LogP contribution in [0.4, 0.5) is 11.4 Å². The standard InChI is InChI=1S/C12H19ClN2S/c1-4-9(7-16-3)15-12-6-10(13)11(14)5-8(12)2/h5-6,9,15H,4,7,14H2,1-3H3. The normalized spacial score (nSPS) is 12.5. The fraction of sp³-hybridized carbons (Fsp3) is 0.500. The molecular weight excluding hydrogens is 240 g/mol. The molecule has 0 bridgehead atoms. The maximum atomic E-state index is 6.02. The van der Waals surface area contributed by atoms with Crippen molar-refractivity contribution >= 4 is 34.7 Å². The van der Waals surface area contributed by atoms with E-state index in [1.807, 2.05) is 30.8 Å². The molecule has 4 heteroatoms. The second-order valence-corrected chi connectivity index (χ2v) is 5.21. The molecule has 0 aliphatic rings. The van der Waals surface area contributed by atoms with Gasteiger partial charge in [0.25, 0.3) is 0 Å². The predicted octanol–water partition coefficient (Wildman–Crippen LogP) is 3.78. The molecule has 3 N–H and O–H groups in total. The molecule has 0 heterocycles. The second kappa shape index (κ2) is 6.26. The average molecular weight is 259 g/mol. The summed E-state index contributed by atoms with van der Waals surface area (Å²) in [5.41, 5.74) is 8.61. The maximum absolute atomic E-state index is 6.02. The van der Waals surface area contributed by atoms with E-state index in [9.17, 15) is 0 Å². The van der Waals surface area contributed by atoms with Crippen molar-refractivity contribution < 1.29 is 0 Å². The molecule has 0 saturated heterocycles. The first kappa shape index (κ1) is 13.5. The van der Waals surface area contributed by atoms with Crippen LogP contribution >= 0.6 is 23.4 Å². The third-order valence-corrected chi connectivity index (χ3v) is 3.63. The zero-order valence-electron chi connectivity index (χ0n) is 10.0. The van der Waals surface area contributed by atoms with Gasteiger partial charge in [0, 0.05) is 17.5 Å². The van der Waals surface area contributed by atoms with Crippen molar-refractivity contribution in [3.63, 3.8) is 0 Å². The van der Waals surface area contributed by atoms with Gasteiger partial charge in [0.05, 0.1) is 10.7 Å². The fourth-order valence-corrected chi connectivity index (χ4v) is 2.43. The van der Waals surface area contributed by atoms with Gasteiger partial charge in [-0.15, -0.1) is 0 Å². The Bertz CT molecular complexity index is 355. The van der Waals surface area contributed by atoms with Gasteiger partial charge in [-0.1, -0.05) is 18.5 Å². The fourth-order valence-electron chi connectivity index (χ4n) is 1.54. The molecule has 0 saturated carbocycles. The third-order valence-electron chi connectivity index (χ3n) is 2.56. The van der Waals surface area contributed by atoms with Crippen LogP contribution in [0.25, 0.3) is 0 Å². The van der Waals surface area contributed by atoms with Gasteiger partial charge in [-0.3, -0.25) is 0 Å². The number of nitrogens with one attached hydrogen (secondary N) is 1. The first-order chi connectivity index (χ1) is 7.58. The highest BCUT2D eigenvalue weighted by Gasteiger charge is 2.08. The lowest BCUT2D eigenvalue weighted by atomic mass is 10.1. The van der Waals surface area contributed by atoms with Crippen LogP contribution in [-0.4, -0.2) is 18.1 Å². The van der Waals surface area contributed by atoms with Crippen molar-refractivity contribution in [1.82, 2.24) is 0 Å². The summed E-state index contributed by atoms with van der Waals surface area (Å²) in [4.78, 5) is 0. The van der Waals surface area contributed by atoms with Gasteiger partial charge in [-0.2, -0.15) is 11.8 Å². The number of anilines is 2. The number of rotatable bonds is 5. The minimum atomic E-state index is 0.480. The Morgan fingerprint density at radius 3 is 2.75 bits per heavy atom. The molecule has 2 nitrogen and oxygen atoms in total. The minimum absolute atomic E-state index is 0.480. The van der Waals surface area contributed by atoms with E-state index in [4.69, 9.17) is 17.3 Å². The van der Waals surface area contributed by atoms with Gasteiger partial charge in [0.2, 0.25) is 0 Å². The summed E-state index contributed by atoms with van der Waals surface area (Å²) in [5, 5.41) is 4.12. The number of hydrogen-bond acceptors (Lipinski definition) is 3. The lowest BCUT2D eigenvalue weighted by Crippen LogP contribution is -2.21. The SMILES string of the molecule is CCC(CSC)Nc1cc(Cl)c(N)cc1C. The first-order valence-electron chi connectivity index (χ1n) is 5.39. The molecule has 0 radical (unpaired) electrons. The lowest BCUT2D eigenvalue weighted by Gasteiger charge is -2.19. The van der Waals surface area contributed by atoms with Gasteiger partial charge in [0.1, 0.15) is 0 Å². The van der Waals surface area contributed by atoms with E-state index >= 15 is 0 Å². The Labute approximate surface area is 107 Å². The molecule has 1 aromatic rings. The number of halogens is 1. The molecule has 0 aliphatic carbocycles. The van der Waals surface area contributed by atoms with Crippen molar-refractivity contribution in [2.75, 3.05) is 23.1 Å². The summed E-state index contributed by atoms with van der Waals surface area (Å²) >= 11 is 7.87. The summed E-state index contributed by atoms with van der Waals surface area (Å²) < 4.78 is 0. The van der Waals surface area contributed by atoms with E-state index < -0.39 is 0 Å². The van der Waals surface area contributed by atoms with Crippen LogP contribution in [0, 0.1) is 6.92 Å². The Morgan fingerprint density at radius 1 is 1.50 bits per heavy atom. The molecule has 0 amide bonds. The summed E-state index contributed by atoms with van der Waals surface area (Å²) in [5.74, 6) is 1.10. The minimum Gasteiger partial charge on any atom is -0.398 e. The third kappa shape index (κ3) is 3.49. The number of aryl methyl sites for hydroxylation is 1. The van der Waals surface area contributed by atoms with E-state index in [0.29, 0.717) is 16.8 Å². The van der Waals surface area contributed by atoms with E-state index in [1.54, 1.807) is 0 Å². The van der Waals surface area contributed by atoms with Gasteiger partial charge >= 0.3 is 0 Å². The van der Waals surface area contributed by atoms with Crippen molar-refractivity contribution in [1.29, 1.82) is 0 Å². The maximum Gasteiger partial charge on any atom is 0.0656 e. The van der Waals surface area contributed by atoms with E-state index in [0.717, 1.165) is 23.4 Å². The van der Waals surface area contributed by atoms with Gasteiger partial charge < -0.3 is 11.1 Å². The Morgan fingerprint density at radius 2 is 2.19 bits per heavy atom. The van der Waals surface area contributed by atoms with E-state index in [2.05, 4.69) is 18.5 Å². The molecule has 1 unspecified atom stereocenters. The number of benzene rings is 1. The van der Waals surface area contributed by atoms with Gasteiger partial charge in [-0.25, -0.2) is 0 Å². The highest BCUT2D eigenvalue weighted by molar-refractivity contribution is 7.98. The zero-order chi connectivity index (χ0) is 12.1. The number of nitrogen functional groups attached to an aromatic ring is 1. The van der Waals surface area contributed by atoms with Crippen LogP contribution in [0.3, 0.4) is 0 Å². The molecular formula is C12H19ClN2S. The van der Waals surface area contributed by atoms with Crippen LogP contribution in [0.2, 0.25) is 5.02 Å². The highest BCUT2D eigenvalue weighted by atomic mass is 35.5. The predicted molar refractivity (Wildman–Crippen MR) is 76.7 cm³/mol. The monoisotopic (exact) mass is 258 g/mol. The topological polar surface area (TPSA) is 38.0 Å². The van der Waals surface area contributed by atoms with Crippen LogP contribution in [0.5, 0.6) is 0 Å². The molecule has 0 spiro atoms. The second-order valence-electron chi connectivity index (χ2n) is 3.89. The molecule has 90 valence electrons. The van der Waals surface area contributed by atoms with Crippen LogP contribution < -0.4 is 11.1 Å². The summed E-state index contributed by atoms with van der Waals surface area (Å²) in [7, 11) is 0. The molecule has 0 fully saturated rings. The van der Waals surface area contributed by atoms with Crippen LogP contribution in [-0.2, 0) is 0 Å². The zero-order valence-corrected chi connectivity index (χ0v) is 11.6. The number of hydrogen-bond donors (Lipinski definition) is 2. The Balaban J connectivity index is 2.83. The van der Waals surface area contributed by atoms with E-state index in [-0.39, 0.29) is 0 Å². The number of nitrogens with two attached hydrogens (primary N) is 1. The van der Waals surface area contributed by atoms with Crippen molar-refractivity contribution in [3.05, 3.63) is 22.7 Å². The summed E-state index contributed by atoms with van der Waals surface area (Å²) in [6, 6.07) is 4.31. The largest absolute Gasteiger partial charge is 0.398 e. The molecule has 1 atom stereocenters. The van der Waals surface area contributed by atoms with Gasteiger partial charge in [0.15, 0.2) is 0 Å². The summed E-state index contributed by atoms with van der Waals surface area (Å²) in [6.07, 6.45) is 3.22. The lowest BCUT2D eigenvalue weighted by molar-refractivity contribution is 0.774. The molecule has 16 heavy (non-hydrogen) atoms. The highest BCUT2D eigenvalue weighted by Crippen LogP contribution is 2.27. The quantitative estimate of drug-likeness (QED) is 0.790. The average Bonchev–Trinajstić information content (AvgIpc) is 2.25. The van der Waals surface area contributed by atoms with Crippen LogP contribution in [0.15, 0.2) is 12.1 Å². The first-order valence-corrected chi connectivity index (χ1v) is 7.16. The van der Waals surface area contributed by atoms with Gasteiger partial charge in [-0.05, 0) is 37.3 Å². The molecule has 0 aliphatic heterocycles. The van der Waals surface area contributed by atoms with Crippen molar-refractivity contribution in [2.24, 2.45) is 0 Å². The van der Waals surface area contributed by atoms with Crippen LogP contribution in [0.1, 0.15) is 18.9 Å². The number of thioether (sulfide) groups is 1. The molecule has 1 rings (SSSR count). The smallest absolute Gasteiger partial charge is 0.0656 e. The molecule has 0 aromatic heterocycles. The van der Waals surface area contributed by atoms with Crippen molar-refractivity contribution in [2.45, 2.75) is 26.3 Å². The summed E-state index contributed by atoms with van der Waals surface area (Å²) in [6.45, 7) is 4.23. The molecule has 1 aromatic carbocycles. The van der Waals surface area contributed by atoms with Crippen molar-refractivity contribution in [3.8, 4) is 0 Å².